The molecule has 1 aliphatic heterocycles. The summed E-state index contributed by atoms with van der Waals surface area (Å²) in [6.07, 6.45) is 6.45. The number of aromatic amines is 1. The van der Waals surface area contributed by atoms with Crippen LogP contribution in [0.5, 0.6) is 0 Å². The number of H-pyrrole nitrogens is 1. The fourth-order valence-corrected chi connectivity index (χ4v) is 2.24. The third-order valence-electron chi connectivity index (χ3n) is 3.37. The van der Waals surface area contributed by atoms with Crippen LogP contribution in [0.2, 0.25) is 0 Å². The molecule has 0 bridgehead atoms. The Labute approximate surface area is 134 Å². The first-order valence-corrected chi connectivity index (χ1v) is 7.24. The van der Waals surface area contributed by atoms with Crippen molar-refractivity contribution in [1.82, 2.24) is 20.2 Å². The molecule has 0 unspecified atom stereocenters. The van der Waals surface area contributed by atoms with E-state index in [-0.39, 0.29) is 17.7 Å². The van der Waals surface area contributed by atoms with Gasteiger partial charge in [-0.1, -0.05) is 26.8 Å². The van der Waals surface area contributed by atoms with Gasteiger partial charge in [0, 0.05) is 18.0 Å². The number of nitrogens with one attached hydrogen (secondary N) is 2. The van der Waals surface area contributed by atoms with E-state index in [4.69, 9.17) is 0 Å². The fourth-order valence-electron chi connectivity index (χ4n) is 2.24. The molecular formula is C16H20N4O3. The number of rotatable bonds is 2. The van der Waals surface area contributed by atoms with Crippen LogP contribution in [0.25, 0.3) is 6.08 Å². The quantitative estimate of drug-likeness (QED) is 0.799. The van der Waals surface area contributed by atoms with Gasteiger partial charge < -0.3 is 10.3 Å². The van der Waals surface area contributed by atoms with Gasteiger partial charge in [0.1, 0.15) is 12.2 Å². The van der Waals surface area contributed by atoms with Crippen molar-refractivity contribution in [1.29, 1.82) is 0 Å². The lowest BCUT2D eigenvalue weighted by atomic mass is 9.90. The topological polar surface area (TPSA) is 95.2 Å². The lowest BCUT2D eigenvalue weighted by molar-refractivity contribution is -0.147. The first kappa shape index (κ1) is 16.7. The summed E-state index contributed by atoms with van der Waals surface area (Å²) >= 11 is 0. The van der Waals surface area contributed by atoms with E-state index in [0.29, 0.717) is 0 Å². The van der Waals surface area contributed by atoms with Crippen molar-refractivity contribution < 1.29 is 14.4 Å². The van der Waals surface area contributed by atoms with Gasteiger partial charge in [-0.25, -0.2) is 4.98 Å². The maximum absolute atomic E-state index is 12.1. The molecule has 7 nitrogen and oxygen atoms in total. The van der Waals surface area contributed by atoms with E-state index in [2.05, 4.69) is 36.1 Å². The van der Waals surface area contributed by atoms with Gasteiger partial charge in [0.15, 0.2) is 0 Å². The zero-order valence-electron chi connectivity index (χ0n) is 13.6. The molecule has 1 aliphatic rings. The predicted molar refractivity (Wildman–Crippen MR) is 84.9 cm³/mol. The summed E-state index contributed by atoms with van der Waals surface area (Å²) < 4.78 is 0. The van der Waals surface area contributed by atoms with Crippen LogP contribution in [0.15, 0.2) is 24.2 Å². The summed E-state index contributed by atoms with van der Waals surface area (Å²) in [5.74, 6) is -1.36. The van der Waals surface area contributed by atoms with E-state index < -0.39 is 17.7 Å². The van der Waals surface area contributed by atoms with Crippen molar-refractivity contribution in [2.24, 2.45) is 0 Å². The molecule has 0 aliphatic carbocycles. The van der Waals surface area contributed by atoms with E-state index >= 15 is 0 Å². The molecule has 0 radical (unpaired) electrons. The molecule has 1 aromatic rings. The van der Waals surface area contributed by atoms with Crippen LogP contribution in [-0.4, -0.2) is 39.1 Å². The highest BCUT2D eigenvalue weighted by Gasteiger charge is 2.30. The smallest absolute Gasteiger partial charge is 0.277 e. The summed E-state index contributed by atoms with van der Waals surface area (Å²) in [6, 6.07) is 0. The van der Waals surface area contributed by atoms with Crippen LogP contribution in [0.4, 0.5) is 0 Å². The molecule has 0 aromatic carbocycles. The van der Waals surface area contributed by atoms with Crippen LogP contribution < -0.4 is 5.32 Å². The van der Waals surface area contributed by atoms with Crippen molar-refractivity contribution in [2.45, 2.75) is 33.1 Å². The fraction of sp³-hybridized carbons (Fsp3) is 0.375. The number of amides is 3. The minimum Gasteiger partial charge on any atom is -0.348 e. The van der Waals surface area contributed by atoms with Gasteiger partial charge in [-0.2, -0.15) is 0 Å². The van der Waals surface area contributed by atoms with Crippen LogP contribution in [0.1, 0.15) is 39.1 Å². The van der Waals surface area contributed by atoms with Gasteiger partial charge in [0.2, 0.25) is 11.8 Å². The first-order chi connectivity index (χ1) is 10.7. The molecule has 2 N–H and O–H groups in total. The molecule has 2 heterocycles. The first-order valence-electron chi connectivity index (χ1n) is 7.24. The van der Waals surface area contributed by atoms with E-state index in [9.17, 15) is 14.4 Å². The van der Waals surface area contributed by atoms with Gasteiger partial charge in [-0.05, 0) is 12.2 Å². The molecule has 0 atom stereocenters. The van der Waals surface area contributed by atoms with Crippen molar-refractivity contribution in [3.8, 4) is 0 Å². The van der Waals surface area contributed by atoms with E-state index in [1.54, 1.807) is 18.5 Å². The van der Waals surface area contributed by atoms with Crippen LogP contribution in [0.3, 0.4) is 0 Å². The summed E-state index contributed by atoms with van der Waals surface area (Å²) in [5, 5.41) is 2.48. The average molecular weight is 316 g/mol. The third-order valence-corrected chi connectivity index (χ3v) is 3.37. The molecule has 0 saturated carbocycles. The average Bonchev–Trinajstić information content (AvgIpc) is 2.90. The number of hydrogen-bond donors (Lipinski definition) is 2. The second kappa shape index (κ2) is 6.20. The highest BCUT2D eigenvalue weighted by atomic mass is 16.2. The zero-order valence-corrected chi connectivity index (χ0v) is 13.6. The van der Waals surface area contributed by atoms with Crippen molar-refractivity contribution >= 4 is 23.8 Å². The highest BCUT2D eigenvalue weighted by molar-refractivity contribution is 6.10. The highest BCUT2D eigenvalue weighted by Crippen LogP contribution is 2.23. The van der Waals surface area contributed by atoms with Crippen molar-refractivity contribution in [3.05, 3.63) is 35.6 Å². The monoisotopic (exact) mass is 316 g/mol. The van der Waals surface area contributed by atoms with Gasteiger partial charge in [-0.3, -0.25) is 19.3 Å². The molecule has 7 heteroatoms. The Bertz CT molecular complexity index is 707. The van der Waals surface area contributed by atoms with E-state index in [1.807, 2.05) is 0 Å². The Balaban J connectivity index is 2.22. The molecule has 23 heavy (non-hydrogen) atoms. The lowest BCUT2D eigenvalue weighted by Gasteiger charge is -2.25. The normalized spacial score (nSPS) is 17.9. The molecule has 122 valence electrons. The Morgan fingerprint density at radius 3 is 2.65 bits per heavy atom. The molecular weight excluding hydrogens is 296 g/mol. The minimum atomic E-state index is -0.514. The SMILES string of the molecule is CC(=O)N1CC(=O)N/C(=C\C=C\c2nc[nH]c2C(C)(C)C)C1=O. The summed E-state index contributed by atoms with van der Waals surface area (Å²) in [5.41, 5.74) is 1.70. The summed E-state index contributed by atoms with van der Waals surface area (Å²) in [6.45, 7) is 7.19. The number of carbonyl (C=O) groups excluding carboxylic acids is 3. The Morgan fingerprint density at radius 1 is 1.35 bits per heavy atom. The number of hydrogen-bond acceptors (Lipinski definition) is 4. The Morgan fingerprint density at radius 2 is 2.04 bits per heavy atom. The number of imide groups is 1. The largest absolute Gasteiger partial charge is 0.348 e. The summed E-state index contributed by atoms with van der Waals surface area (Å²) in [7, 11) is 0. The number of imidazole rings is 1. The predicted octanol–water partition coefficient (Wildman–Crippen LogP) is 1.11. The molecule has 0 spiro atoms. The number of allylic oxidation sites excluding steroid dienone is 2. The molecule has 3 amide bonds. The standard InChI is InChI=1S/C16H20N4O3/c1-10(21)20-8-13(22)19-12(15(20)23)7-5-6-11-14(16(2,3)4)18-9-17-11/h5-7,9H,8H2,1-4H3,(H,17,18)(H,19,22)/b6-5+,12-7-. The second-order valence-corrected chi connectivity index (χ2v) is 6.31. The number of nitrogens with zero attached hydrogens (tertiary/aromatic N) is 2. The van der Waals surface area contributed by atoms with Crippen molar-refractivity contribution in [3.63, 3.8) is 0 Å². The van der Waals surface area contributed by atoms with Gasteiger partial charge in [0.05, 0.1) is 12.0 Å². The molecule has 1 aromatic heterocycles. The Hall–Kier alpha value is -2.70. The zero-order chi connectivity index (χ0) is 17.2. The van der Waals surface area contributed by atoms with Crippen LogP contribution in [-0.2, 0) is 19.8 Å². The second-order valence-electron chi connectivity index (χ2n) is 6.31. The molecule has 1 saturated heterocycles. The maximum atomic E-state index is 12.1. The lowest BCUT2D eigenvalue weighted by Crippen LogP contribution is -2.51. The maximum Gasteiger partial charge on any atom is 0.277 e. The van der Waals surface area contributed by atoms with Crippen LogP contribution in [0, 0.1) is 0 Å². The number of carbonyl (C=O) groups is 3. The third kappa shape index (κ3) is 3.74. The number of aromatic nitrogens is 2. The van der Waals surface area contributed by atoms with Crippen LogP contribution >= 0.6 is 0 Å². The van der Waals surface area contributed by atoms with Gasteiger partial charge in [0.25, 0.3) is 5.91 Å². The van der Waals surface area contributed by atoms with Crippen molar-refractivity contribution in [2.75, 3.05) is 6.54 Å². The van der Waals surface area contributed by atoms with Gasteiger partial charge >= 0.3 is 0 Å². The summed E-state index contributed by atoms with van der Waals surface area (Å²) in [4.78, 5) is 43.3. The minimum absolute atomic E-state index is 0.0699. The van der Waals surface area contributed by atoms with Gasteiger partial charge in [-0.15, -0.1) is 0 Å². The molecule has 1 fully saturated rings. The number of piperazine rings is 1. The van der Waals surface area contributed by atoms with E-state index in [1.165, 1.54) is 13.0 Å². The Kier molecular flexibility index (Phi) is 4.49. The molecule has 2 rings (SSSR count). The van der Waals surface area contributed by atoms with E-state index in [0.717, 1.165) is 16.3 Å².